The Bertz CT molecular complexity index is 1020. The van der Waals surface area contributed by atoms with Crippen molar-refractivity contribution >= 4 is 28.5 Å². The Morgan fingerprint density at radius 2 is 1.83 bits per heavy atom. The molecule has 0 saturated heterocycles. The smallest absolute Gasteiger partial charge is 0.341 e. The van der Waals surface area contributed by atoms with Gasteiger partial charge in [-0.15, -0.1) is 11.3 Å². The fraction of sp³-hybridized carbons (Fsp3) is 0.250. The number of methoxy groups -OCH3 is 1. The first-order valence-electron chi connectivity index (χ1n) is 9.79. The van der Waals surface area contributed by atoms with Crippen LogP contribution in [-0.2, 0) is 24.2 Å². The first-order chi connectivity index (χ1) is 14.3. The van der Waals surface area contributed by atoms with Crippen LogP contribution in [0.25, 0.3) is 0 Å². The highest BCUT2D eigenvalue weighted by Gasteiger charge is 2.25. The van der Waals surface area contributed by atoms with Gasteiger partial charge < -0.3 is 9.47 Å². The molecule has 0 radical (unpaired) electrons. The molecule has 0 amide bonds. The highest BCUT2D eigenvalue weighted by Crippen LogP contribution is 2.40. The van der Waals surface area contributed by atoms with Gasteiger partial charge in [0, 0.05) is 16.7 Å². The molecule has 0 atom stereocenters. The Hall–Kier alpha value is -2.92. The lowest BCUT2D eigenvalue weighted by molar-refractivity contribution is 0.0601. The van der Waals surface area contributed by atoms with Crippen LogP contribution in [0.3, 0.4) is 0 Å². The Balaban J connectivity index is 1.60. The predicted octanol–water partition coefficient (Wildman–Crippen LogP) is 5.74. The molecule has 1 aromatic heterocycles. The van der Waals surface area contributed by atoms with Crippen molar-refractivity contribution in [2.24, 2.45) is 4.99 Å². The summed E-state index contributed by atoms with van der Waals surface area (Å²) >= 11 is 1.60. The summed E-state index contributed by atoms with van der Waals surface area (Å²) in [4.78, 5) is 18.3. The minimum atomic E-state index is -0.301. The van der Waals surface area contributed by atoms with Crippen molar-refractivity contribution in [2.75, 3.05) is 7.11 Å². The molecule has 0 bridgehead atoms. The number of benzene rings is 2. The van der Waals surface area contributed by atoms with Crippen LogP contribution in [0.15, 0.2) is 59.6 Å². The number of fused-ring (bicyclic) bond motifs is 1. The van der Waals surface area contributed by atoms with E-state index in [1.54, 1.807) is 17.6 Å². The second-order valence-corrected chi connectivity index (χ2v) is 8.04. The van der Waals surface area contributed by atoms with Gasteiger partial charge in [-0.25, -0.2) is 9.79 Å². The van der Waals surface area contributed by atoms with E-state index < -0.39 is 0 Å². The van der Waals surface area contributed by atoms with Gasteiger partial charge in [0.2, 0.25) is 0 Å². The summed E-state index contributed by atoms with van der Waals surface area (Å²) in [6, 6.07) is 17.9. The monoisotopic (exact) mass is 405 g/mol. The third-order valence-electron chi connectivity index (χ3n) is 5.02. The molecule has 0 unspecified atom stereocenters. The molecule has 0 spiro atoms. The van der Waals surface area contributed by atoms with E-state index in [0.717, 1.165) is 53.1 Å². The lowest BCUT2D eigenvalue weighted by atomic mass is 9.95. The quantitative estimate of drug-likeness (QED) is 0.388. The standard InChI is InChI=1S/C24H23NO3S/c1-27-24(26)22-19-12-6-8-14-21(19)29-23(22)25-15-18-11-5-7-13-20(18)28-16-17-9-3-2-4-10-17/h2-5,7,9-11,13,15H,6,8,12,14,16H2,1H3. The number of hydrogen-bond acceptors (Lipinski definition) is 5. The van der Waals surface area contributed by atoms with Gasteiger partial charge in [0.15, 0.2) is 0 Å². The molecule has 0 fully saturated rings. The number of ether oxygens (including phenoxy) is 2. The van der Waals surface area contributed by atoms with Crippen molar-refractivity contribution in [2.45, 2.75) is 32.3 Å². The minimum absolute atomic E-state index is 0.301. The van der Waals surface area contributed by atoms with Crippen molar-refractivity contribution < 1.29 is 14.3 Å². The number of nitrogens with zero attached hydrogens (tertiary/aromatic N) is 1. The Morgan fingerprint density at radius 3 is 2.66 bits per heavy atom. The van der Waals surface area contributed by atoms with Crippen LogP contribution in [0.1, 0.15) is 44.8 Å². The van der Waals surface area contributed by atoms with Crippen molar-refractivity contribution in [3.05, 3.63) is 81.7 Å². The van der Waals surface area contributed by atoms with Gasteiger partial charge in [0.1, 0.15) is 17.4 Å². The molecule has 3 aromatic rings. The van der Waals surface area contributed by atoms with E-state index in [9.17, 15) is 4.79 Å². The number of aryl methyl sites for hydroxylation is 1. The maximum atomic E-state index is 12.4. The Labute approximate surface area is 174 Å². The summed E-state index contributed by atoms with van der Waals surface area (Å²) < 4.78 is 11.0. The van der Waals surface area contributed by atoms with Crippen LogP contribution in [-0.4, -0.2) is 19.3 Å². The fourth-order valence-corrected chi connectivity index (χ4v) is 4.76. The summed E-state index contributed by atoms with van der Waals surface area (Å²) in [6.07, 6.45) is 5.98. The van der Waals surface area contributed by atoms with Crippen molar-refractivity contribution in [1.29, 1.82) is 0 Å². The lowest BCUT2D eigenvalue weighted by Crippen LogP contribution is -2.07. The second kappa shape index (κ2) is 9.05. The van der Waals surface area contributed by atoms with Crippen molar-refractivity contribution in [3.63, 3.8) is 0 Å². The van der Waals surface area contributed by atoms with Gasteiger partial charge in [0.25, 0.3) is 0 Å². The molecule has 29 heavy (non-hydrogen) atoms. The molecule has 2 aromatic carbocycles. The molecule has 0 N–H and O–H groups in total. The molecule has 1 aliphatic rings. The topological polar surface area (TPSA) is 47.9 Å². The number of thiophene rings is 1. The molecule has 0 saturated carbocycles. The maximum absolute atomic E-state index is 12.4. The zero-order chi connectivity index (χ0) is 20.1. The number of para-hydroxylation sites is 1. The largest absolute Gasteiger partial charge is 0.488 e. The molecule has 0 aliphatic heterocycles. The number of esters is 1. The molecule has 1 aliphatic carbocycles. The van der Waals surface area contributed by atoms with Gasteiger partial charge in [0.05, 0.1) is 12.7 Å². The third-order valence-corrected chi connectivity index (χ3v) is 6.22. The maximum Gasteiger partial charge on any atom is 0.341 e. The van der Waals surface area contributed by atoms with E-state index in [1.807, 2.05) is 54.6 Å². The van der Waals surface area contributed by atoms with E-state index in [1.165, 1.54) is 12.0 Å². The molecular formula is C24H23NO3S. The van der Waals surface area contributed by atoms with Crippen LogP contribution >= 0.6 is 11.3 Å². The summed E-state index contributed by atoms with van der Waals surface area (Å²) in [6.45, 7) is 0.492. The first kappa shape index (κ1) is 19.4. The van der Waals surface area contributed by atoms with Crippen LogP contribution in [0.5, 0.6) is 5.75 Å². The Morgan fingerprint density at radius 1 is 1.07 bits per heavy atom. The average Bonchev–Trinajstić information content (AvgIpc) is 3.15. The number of carbonyl (C=O) groups excluding carboxylic acids is 1. The molecule has 4 nitrogen and oxygen atoms in total. The number of rotatable bonds is 6. The van der Waals surface area contributed by atoms with E-state index in [4.69, 9.17) is 9.47 Å². The predicted molar refractivity (Wildman–Crippen MR) is 117 cm³/mol. The summed E-state index contributed by atoms with van der Waals surface area (Å²) in [7, 11) is 1.43. The molecule has 1 heterocycles. The zero-order valence-electron chi connectivity index (χ0n) is 16.4. The molecule has 148 valence electrons. The minimum Gasteiger partial charge on any atom is -0.488 e. The zero-order valence-corrected chi connectivity index (χ0v) is 17.2. The molecule has 5 heteroatoms. The summed E-state index contributed by atoms with van der Waals surface area (Å²) in [5.41, 5.74) is 3.74. The van der Waals surface area contributed by atoms with Crippen molar-refractivity contribution in [1.82, 2.24) is 0 Å². The normalized spacial score (nSPS) is 13.3. The van der Waals surface area contributed by atoms with Gasteiger partial charge >= 0.3 is 5.97 Å². The van der Waals surface area contributed by atoms with Gasteiger partial charge in [-0.2, -0.15) is 0 Å². The number of hydrogen-bond donors (Lipinski definition) is 0. The fourth-order valence-electron chi connectivity index (χ4n) is 3.54. The molecular weight excluding hydrogens is 382 g/mol. The van der Waals surface area contributed by atoms with E-state index in [0.29, 0.717) is 12.2 Å². The Kier molecular flexibility index (Phi) is 6.06. The van der Waals surface area contributed by atoms with E-state index >= 15 is 0 Å². The first-order valence-corrected chi connectivity index (χ1v) is 10.6. The number of aliphatic imine (C=N–C) groups is 1. The highest BCUT2D eigenvalue weighted by molar-refractivity contribution is 7.16. The van der Waals surface area contributed by atoms with Crippen LogP contribution in [0.4, 0.5) is 5.00 Å². The lowest BCUT2D eigenvalue weighted by Gasteiger charge is -2.11. The van der Waals surface area contributed by atoms with Gasteiger partial charge in [-0.3, -0.25) is 0 Å². The van der Waals surface area contributed by atoms with Crippen LogP contribution < -0.4 is 4.74 Å². The van der Waals surface area contributed by atoms with Crippen LogP contribution in [0, 0.1) is 0 Å². The highest BCUT2D eigenvalue weighted by atomic mass is 32.1. The van der Waals surface area contributed by atoms with Gasteiger partial charge in [-0.1, -0.05) is 42.5 Å². The van der Waals surface area contributed by atoms with Crippen LogP contribution in [0.2, 0.25) is 0 Å². The second-order valence-electron chi connectivity index (χ2n) is 6.95. The summed E-state index contributed by atoms with van der Waals surface area (Å²) in [5.74, 6) is 0.464. The average molecular weight is 406 g/mol. The van der Waals surface area contributed by atoms with E-state index in [-0.39, 0.29) is 5.97 Å². The SMILES string of the molecule is COC(=O)c1c(N=Cc2ccccc2OCc2ccccc2)sc2c1CCCC2. The molecule has 4 rings (SSSR count). The summed E-state index contributed by atoms with van der Waals surface area (Å²) in [5, 5.41) is 0.724. The van der Waals surface area contributed by atoms with Gasteiger partial charge in [-0.05, 0) is 48.9 Å². The van der Waals surface area contributed by atoms with Crippen molar-refractivity contribution in [3.8, 4) is 5.75 Å². The third kappa shape index (κ3) is 4.40. The number of carbonyl (C=O) groups is 1. The van der Waals surface area contributed by atoms with E-state index in [2.05, 4.69) is 4.99 Å².